The molecule has 0 bridgehead atoms. The average molecular weight is 428 g/mol. The average Bonchev–Trinajstić information content (AvgIpc) is 2.48. The minimum atomic E-state index is -8.06. The minimum Gasteiger partial charge on any atom is -0.375 e. The van der Waals surface area contributed by atoms with Crippen molar-refractivity contribution in [2.45, 2.75) is 41.4 Å². The van der Waals surface area contributed by atoms with Crippen molar-refractivity contribution in [3.05, 3.63) is 24.3 Å². The van der Waals surface area contributed by atoms with Crippen LogP contribution in [-0.4, -0.2) is 52.3 Å². The van der Waals surface area contributed by atoms with Crippen molar-refractivity contribution in [3.8, 4) is 0 Å². The molecular weight excluding hydrogens is 423 g/mol. The Morgan fingerprint density at radius 2 is 0.963 bits per heavy atom. The molecular formula is C12H5F13O2. The molecule has 1 rings (SSSR count). The number of allylic oxidation sites excluding steroid dienone is 2. The van der Waals surface area contributed by atoms with Crippen LogP contribution in [0.1, 0.15) is 0 Å². The molecule has 15 heteroatoms. The maximum Gasteiger partial charge on any atom is 0.460 e. The Balaban J connectivity index is 3.58. The molecule has 0 spiro atoms. The molecule has 0 aliphatic heterocycles. The highest BCUT2D eigenvalue weighted by atomic mass is 19.4. The highest BCUT2D eigenvalue weighted by molar-refractivity contribution is 6.00. The van der Waals surface area contributed by atoms with Crippen molar-refractivity contribution >= 4 is 5.78 Å². The van der Waals surface area contributed by atoms with E-state index in [0.717, 1.165) is 0 Å². The molecule has 0 aromatic carbocycles. The predicted molar refractivity (Wildman–Crippen MR) is 59.0 cm³/mol. The molecule has 0 heterocycles. The third-order valence-corrected chi connectivity index (χ3v) is 3.44. The van der Waals surface area contributed by atoms with E-state index in [1.54, 1.807) is 0 Å². The number of alkyl halides is 13. The maximum absolute atomic E-state index is 13.8. The van der Waals surface area contributed by atoms with Crippen LogP contribution in [-0.2, 0) is 4.79 Å². The summed E-state index contributed by atoms with van der Waals surface area (Å²) in [6.07, 6.45) is -8.76. The van der Waals surface area contributed by atoms with Gasteiger partial charge in [-0.15, -0.1) is 0 Å². The Morgan fingerprint density at radius 1 is 0.630 bits per heavy atom. The molecule has 0 amide bonds. The lowest BCUT2D eigenvalue weighted by atomic mass is 9.82. The Morgan fingerprint density at radius 3 is 1.30 bits per heavy atom. The number of carbonyl (C=O) groups excluding carboxylic acids is 1. The Bertz CT molecular complexity index is 655. The minimum absolute atomic E-state index is 0.0788. The van der Waals surface area contributed by atoms with E-state index >= 15 is 0 Å². The van der Waals surface area contributed by atoms with Crippen LogP contribution in [0.15, 0.2) is 24.3 Å². The van der Waals surface area contributed by atoms with Crippen LogP contribution in [0.3, 0.4) is 0 Å². The molecule has 0 fully saturated rings. The number of hydrogen-bond donors (Lipinski definition) is 1. The van der Waals surface area contributed by atoms with Crippen LogP contribution in [0.5, 0.6) is 0 Å². The lowest BCUT2D eigenvalue weighted by molar-refractivity contribution is -0.446. The van der Waals surface area contributed by atoms with Gasteiger partial charge in [0.1, 0.15) is 0 Å². The summed E-state index contributed by atoms with van der Waals surface area (Å²) in [5.74, 6) is -39.6. The van der Waals surface area contributed by atoms with Gasteiger partial charge in [0, 0.05) is 0 Å². The zero-order valence-corrected chi connectivity index (χ0v) is 12.1. The smallest absolute Gasteiger partial charge is 0.375 e. The van der Waals surface area contributed by atoms with E-state index in [1.807, 2.05) is 0 Å². The summed E-state index contributed by atoms with van der Waals surface area (Å²) in [5, 5.41) is 9.30. The topological polar surface area (TPSA) is 37.3 Å². The lowest BCUT2D eigenvalue weighted by Gasteiger charge is -2.43. The fraction of sp³-hybridized carbons (Fsp3) is 0.583. The van der Waals surface area contributed by atoms with Crippen LogP contribution in [0.25, 0.3) is 0 Å². The molecule has 0 aromatic heterocycles. The Kier molecular flexibility index (Phi) is 5.03. The SMILES string of the molecule is O=C1C=CC(O)(C(F)(F)C(F)(F)C(F)(F)C(F)(F)C(F)(F)C(F)(F)F)C=C1. The first kappa shape index (κ1) is 23.2. The fourth-order valence-corrected chi connectivity index (χ4v) is 1.76. The predicted octanol–water partition coefficient (Wildman–Crippen LogP) is 4.15. The molecule has 2 nitrogen and oxygen atoms in total. The van der Waals surface area contributed by atoms with Gasteiger partial charge in [0.25, 0.3) is 0 Å². The first-order valence-corrected chi connectivity index (χ1v) is 6.21. The molecule has 0 aromatic rings. The van der Waals surface area contributed by atoms with Crippen LogP contribution in [0.2, 0.25) is 0 Å². The molecule has 1 aliphatic rings. The standard InChI is InChI=1S/C12H5F13O2/c13-7(14,6(27)3-1-5(26)2-4-6)8(15,16)9(17,18)10(19,20)11(21,22)12(23,24)25/h1-4,27H. The van der Waals surface area contributed by atoms with Gasteiger partial charge in [0.2, 0.25) is 0 Å². The van der Waals surface area contributed by atoms with Gasteiger partial charge >= 0.3 is 35.8 Å². The van der Waals surface area contributed by atoms with Crippen LogP contribution >= 0.6 is 0 Å². The highest BCUT2D eigenvalue weighted by Crippen LogP contribution is 2.62. The summed E-state index contributed by atoms with van der Waals surface area (Å²) in [5.41, 5.74) is -4.59. The van der Waals surface area contributed by atoms with E-state index in [4.69, 9.17) is 0 Å². The van der Waals surface area contributed by atoms with Crippen molar-refractivity contribution in [2.75, 3.05) is 0 Å². The molecule has 0 saturated heterocycles. The van der Waals surface area contributed by atoms with E-state index in [2.05, 4.69) is 0 Å². The summed E-state index contributed by atoms with van der Waals surface area (Å²) >= 11 is 0. The van der Waals surface area contributed by atoms with Gasteiger partial charge in [0.15, 0.2) is 11.4 Å². The maximum atomic E-state index is 13.8. The summed E-state index contributed by atoms with van der Waals surface area (Å²) in [6.45, 7) is 0. The zero-order chi connectivity index (χ0) is 21.9. The Hall–Kier alpha value is -1.80. The van der Waals surface area contributed by atoms with E-state index < -0.39 is 59.3 Å². The highest BCUT2D eigenvalue weighted by Gasteiger charge is 2.92. The summed E-state index contributed by atoms with van der Waals surface area (Å²) in [4.78, 5) is 10.7. The second-order valence-electron chi connectivity index (χ2n) is 5.26. The van der Waals surface area contributed by atoms with Crippen LogP contribution in [0.4, 0.5) is 57.1 Å². The van der Waals surface area contributed by atoms with Gasteiger partial charge in [-0.2, -0.15) is 57.1 Å². The monoisotopic (exact) mass is 428 g/mol. The second-order valence-corrected chi connectivity index (χ2v) is 5.26. The van der Waals surface area contributed by atoms with Crippen molar-refractivity contribution in [1.29, 1.82) is 0 Å². The third-order valence-electron chi connectivity index (χ3n) is 3.44. The zero-order valence-electron chi connectivity index (χ0n) is 12.1. The van der Waals surface area contributed by atoms with E-state index in [0.29, 0.717) is 0 Å². The molecule has 1 aliphatic carbocycles. The number of hydrogen-bond acceptors (Lipinski definition) is 2. The molecule has 1 N–H and O–H groups in total. The van der Waals surface area contributed by atoms with Crippen LogP contribution in [0, 0.1) is 0 Å². The second kappa shape index (κ2) is 5.85. The molecule has 156 valence electrons. The molecule has 0 atom stereocenters. The largest absolute Gasteiger partial charge is 0.460 e. The summed E-state index contributed by atoms with van der Waals surface area (Å²) in [7, 11) is 0. The fourth-order valence-electron chi connectivity index (χ4n) is 1.76. The van der Waals surface area contributed by atoms with Gasteiger partial charge in [-0.3, -0.25) is 4.79 Å². The molecule has 0 saturated carbocycles. The van der Waals surface area contributed by atoms with E-state index in [-0.39, 0.29) is 12.2 Å². The molecule has 0 unspecified atom stereocenters. The van der Waals surface area contributed by atoms with Gasteiger partial charge in [-0.1, -0.05) is 0 Å². The van der Waals surface area contributed by atoms with Gasteiger partial charge in [-0.05, 0) is 24.3 Å². The number of carbonyl (C=O) groups is 1. The van der Waals surface area contributed by atoms with Gasteiger partial charge in [-0.25, -0.2) is 0 Å². The van der Waals surface area contributed by atoms with Crippen molar-refractivity contribution in [3.63, 3.8) is 0 Å². The van der Waals surface area contributed by atoms with E-state index in [9.17, 15) is 67.0 Å². The number of rotatable bonds is 5. The van der Waals surface area contributed by atoms with Crippen molar-refractivity contribution < 1.29 is 67.0 Å². The Labute approximate surface area is 139 Å². The summed E-state index contributed by atoms with van der Waals surface area (Å²) < 4.78 is 168. The first-order chi connectivity index (χ1) is 11.6. The molecule has 27 heavy (non-hydrogen) atoms. The normalized spacial score (nSPS) is 19.6. The third kappa shape index (κ3) is 2.89. The number of aliphatic hydroxyl groups is 1. The van der Waals surface area contributed by atoms with Gasteiger partial charge in [0.05, 0.1) is 0 Å². The first-order valence-electron chi connectivity index (χ1n) is 6.21. The van der Waals surface area contributed by atoms with E-state index in [1.165, 1.54) is 0 Å². The number of ketones is 1. The molecule has 0 radical (unpaired) electrons. The van der Waals surface area contributed by atoms with Crippen molar-refractivity contribution in [2.24, 2.45) is 0 Å². The van der Waals surface area contributed by atoms with Crippen LogP contribution < -0.4 is 0 Å². The number of halogens is 13. The van der Waals surface area contributed by atoms with Gasteiger partial charge < -0.3 is 5.11 Å². The lowest BCUT2D eigenvalue weighted by Crippen LogP contribution is -2.73. The summed E-state index contributed by atoms with van der Waals surface area (Å²) in [6, 6.07) is 0. The quantitative estimate of drug-likeness (QED) is 0.669. The van der Waals surface area contributed by atoms with Crippen molar-refractivity contribution in [1.82, 2.24) is 0 Å².